The van der Waals surface area contributed by atoms with Crippen molar-refractivity contribution in [1.29, 1.82) is 0 Å². The number of hydrogen-bond acceptors (Lipinski definition) is 3. The number of rotatable bonds is 5. The van der Waals surface area contributed by atoms with Crippen LogP contribution < -0.4 is 5.32 Å². The van der Waals surface area contributed by atoms with Crippen LogP contribution in [0.4, 0.5) is 0 Å². The summed E-state index contributed by atoms with van der Waals surface area (Å²) in [6.45, 7) is 7.65. The zero-order valence-electron chi connectivity index (χ0n) is 11.4. The molecule has 2 aliphatic heterocycles. The Kier molecular flexibility index (Phi) is 4.83. The molecule has 0 spiro atoms. The van der Waals surface area contributed by atoms with Gasteiger partial charge in [-0.3, -0.25) is 4.90 Å². The van der Waals surface area contributed by atoms with Gasteiger partial charge in [0, 0.05) is 25.2 Å². The first-order chi connectivity index (χ1) is 8.16. The van der Waals surface area contributed by atoms with Crippen molar-refractivity contribution in [2.75, 3.05) is 19.6 Å². The quantitative estimate of drug-likeness (QED) is 0.766. The summed E-state index contributed by atoms with van der Waals surface area (Å²) >= 11 is 0. The third-order valence-electron chi connectivity index (χ3n) is 4.22. The predicted molar refractivity (Wildman–Crippen MR) is 71.1 cm³/mol. The van der Waals surface area contributed by atoms with E-state index in [0.717, 1.165) is 19.0 Å². The van der Waals surface area contributed by atoms with Gasteiger partial charge in [0.15, 0.2) is 0 Å². The smallest absolute Gasteiger partial charge is 0.0667 e. The molecule has 0 aliphatic carbocycles. The molecule has 2 heterocycles. The lowest BCUT2D eigenvalue weighted by atomic mass is 9.98. The largest absolute Gasteiger partial charge is 0.392 e. The lowest BCUT2D eigenvalue weighted by molar-refractivity contribution is 0.132. The number of nitrogens with one attached hydrogen (secondary N) is 1. The molecule has 2 rings (SSSR count). The summed E-state index contributed by atoms with van der Waals surface area (Å²) in [4.78, 5) is 2.63. The van der Waals surface area contributed by atoms with Gasteiger partial charge in [-0.15, -0.1) is 0 Å². The normalized spacial score (nSPS) is 31.8. The first-order valence-electron chi connectivity index (χ1n) is 7.32. The molecule has 100 valence electrons. The maximum Gasteiger partial charge on any atom is 0.0667 e. The van der Waals surface area contributed by atoms with Crippen LogP contribution in [0.5, 0.6) is 0 Å². The number of fused-ring (bicyclic) bond motifs is 1. The fourth-order valence-electron chi connectivity index (χ4n) is 3.40. The highest BCUT2D eigenvalue weighted by Crippen LogP contribution is 2.27. The molecule has 2 saturated heterocycles. The summed E-state index contributed by atoms with van der Waals surface area (Å²) < 4.78 is 0. The van der Waals surface area contributed by atoms with Crippen LogP contribution in [-0.2, 0) is 0 Å². The van der Waals surface area contributed by atoms with E-state index in [1.165, 1.54) is 38.8 Å². The molecule has 2 aliphatic rings. The van der Waals surface area contributed by atoms with Crippen molar-refractivity contribution in [2.24, 2.45) is 5.92 Å². The lowest BCUT2D eigenvalue weighted by Crippen LogP contribution is -2.46. The molecule has 3 unspecified atom stereocenters. The third-order valence-corrected chi connectivity index (χ3v) is 4.22. The highest BCUT2D eigenvalue weighted by Gasteiger charge is 2.35. The third kappa shape index (κ3) is 3.67. The second-order valence-electron chi connectivity index (χ2n) is 6.19. The fraction of sp³-hybridized carbons (Fsp3) is 1.00. The number of nitrogens with zero attached hydrogens (tertiary/aromatic N) is 1. The van der Waals surface area contributed by atoms with Gasteiger partial charge in [-0.25, -0.2) is 0 Å². The highest BCUT2D eigenvalue weighted by molar-refractivity contribution is 4.94. The van der Waals surface area contributed by atoms with Crippen LogP contribution in [0.25, 0.3) is 0 Å². The van der Waals surface area contributed by atoms with Crippen LogP contribution >= 0.6 is 0 Å². The van der Waals surface area contributed by atoms with E-state index in [-0.39, 0.29) is 6.10 Å². The van der Waals surface area contributed by atoms with Crippen molar-refractivity contribution in [2.45, 2.75) is 64.1 Å². The average molecular weight is 240 g/mol. The van der Waals surface area contributed by atoms with Gasteiger partial charge < -0.3 is 10.4 Å². The molecule has 0 aromatic rings. The fourth-order valence-corrected chi connectivity index (χ4v) is 3.40. The Bertz CT molecular complexity index is 232. The van der Waals surface area contributed by atoms with E-state index in [0.29, 0.717) is 12.0 Å². The van der Waals surface area contributed by atoms with E-state index in [4.69, 9.17) is 0 Å². The molecule has 0 saturated carbocycles. The van der Waals surface area contributed by atoms with Crippen LogP contribution in [0, 0.1) is 5.92 Å². The molecule has 0 radical (unpaired) electrons. The van der Waals surface area contributed by atoms with Crippen LogP contribution in [0.1, 0.15) is 46.0 Å². The van der Waals surface area contributed by atoms with Crippen molar-refractivity contribution in [3.63, 3.8) is 0 Å². The summed E-state index contributed by atoms with van der Waals surface area (Å²) in [6.07, 6.45) is 6.10. The maximum atomic E-state index is 9.90. The molecule has 0 amide bonds. The molecule has 17 heavy (non-hydrogen) atoms. The molecule has 0 aromatic carbocycles. The summed E-state index contributed by atoms with van der Waals surface area (Å²) in [5.74, 6) is 0.585. The molecular weight excluding hydrogens is 212 g/mol. The summed E-state index contributed by atoms with van der Waals surface area (Å²) in [7, 11) is 0. The Hall–Kier alpha value is -0.120. The first kappa shape index (κ1) is 13.3. The van der Waals surface area contributed by atoms with E-state index in [1.807, 2.05) is 0 Å². The number of aliphatic hydroxyl groups is 1. The maximum absolute atomic E-state index is 9.90. The Balaban J connectivity index is 1.72. The summed E-state index contributed by atoms with van der Waals surface area (Å²) in [5.41, 5.74) is 0. The lowest BCUT2D eigenvalue weighted by Gasteiger charge is -2.33. The van der Waals surface area contributed by atoms with Gasteiger partial charge in [0.25, 0.3) is 0 Å². The SMILES string of the molecule is CC(C)CC(O)CNC1CCN2CCCCC12. The number of piperidine rings is 1. The van der Waals surface area contributed by atoms with E-state index < -0.39 is 0 Å². The second-order valence-corrected chi connectivity index (χ2v) is 6.19. The van der Waals surface area contributed by atoms with Gasteiger partial charge in [0.05, 0.1) is 6.10 Å². The Morgan fingerprint density at radius 1 is 1.24 bits per heavy atom. The van der Waals surface area contributed by atoms with Crippen LogP contribution in [0.15, 0.2) is 0 Å². The first-order valence-corrected chi connectivity index (χ1v) is 7.32. The van der Waals surface area contributed by atoms with Gasteiger partial charge in [-0.2, -0.15) is 0 Å². The monoisotopic (exact) mass is 240 g/mol. The van der Waals surface area contributed by atoms with Crippen LogP contribution in [-0.4, -0.2) is 47.8 Å². The number of aliphatic hydroxyl groups excluding tert-OH is 1. The molecule has 3 nitrogen and oxygen atoms in total. The second kappa shape index (κ2) is 6.17. The molecule has 2 fully saturated rings. The minimum Gasteiger partial charge on any atom is -0.392 e. The van der Waals surface area contributed by atoms with Crippen molar-refractivity contribution in [3.8, 4) is 0 Å². The van der Waals surface area contributed by atoms with Crippen molar-refractivity contribution >= 4 is 0 Å². The van der Waals surface area contributed by atoms with Gasteiger partial charge in [-0.05, 0) is 38.1 Å². The molecule has 0 aromatic heterocycles. The standard InChI is InChI=1S/C14H28N2O/c1-11(2)9-12(17)10-15-13-6-8-16-7-4-3-5-14(13)16/h11-15,17H,3-10H2,1-2H3. The van der Waals surface area contributed by atoms with E-state index in [9.17, 15) is 5.11 Å². The molecular formula is C14H28N2O. The van der Waals surface area contributed by atoms with Crippen molar-refractivity contribution in [3.05, 3.63) is 0 Å². The van der Waals surface area contributed by atoms with Crippen LogP contribution in [0.3, 0.4) is 0 Å². The van der Waals surface area contributed by atoms with E-state index in [2.05, 4.69) is 24.1 Å². The minimum atomic E-state index is -0.173. The summed E-state index contributed by atoms with van der Waals surface area (Å²) in [6, 6.07) is 1.37. The molecule has 3 atom stereocenters. The van der Waals surface area contributed by atoms with Gasteiger partial charge in [-0.1, -0.05) is 20.3 Å². The van der Waals surface area contributed by atoms with Gasteiger partial charge in [0.1, 0.15) is 0 Å². The van der Waals surface area contributed by atoms with Gasteiger partial charge >= 0.3 is 0 Å². The van der Waals surface area contributed by atoms with E-state index >= 15 is 0 Å². The van der Waals surface area contributed by atoms with E-state index in [1.54, 1.807) is 0 Å². The minimum absolute atomic E-state index is 0.173. The zero-order valence-corrected chi connectivity index (χ0v) is 11.4. The van der Waals surface area contributed by atoms with Crippen LogP contribution in [0.2, 0.25) is 0 Å². The highest BCUT2D eigenvalue weighted by atomic mass is 16.3. The topological polar surface area (TPSA) is 35.5 Å². The van der Waals surface area contributed by atoms with Crippen molar-refractivity contribution < 1.29 is 5.11 Å². The Morgan fingerprint density at radius 2 is 2.06 bits per heavy atom. The average Bonchev–Trinajstić information content (AvgIpc) is 2.69. The molecule has 2 N–H and O–H groups in total. The zero-order chi connectivity index (χ0) is 12.3. The Labute approximate surface area is 106 Å². The summed E-state index contributed by atoms with van der Waals surface area (Å²) in [5, 5.41) is 13.5. The van der Waals surface area contributed by atoms with Crippen molar-refractivity contribution in [1.82, 2.24) is 10.2 Å². The number of hydrogen-bond donors (Lipinski definition) is 2. The molecule has 3 heteroatoms. The predicted octanol–water partition coefficient (Wildman–Crippen LogP) is 1.61. The molecule has 0 bridgehead atoms. The van der Waals surface area contributed by atoms with Gasteiger partial charge in [0.2, 0.25) is 0 Å². The Morgan fingerprint density at radius 3 is 2.82 bits per heavy atom.